The van der Waals surface area contributed by atoms with Crippen LogP contribution in [-0.4, -0.2) is 0 Å². The fourth-order valence-electron chi connectivity index (χ4n) is 12.8. The maximum atomic E-state index is 2.69. The van der Waals surface area contributed by atoms with Crippen LogP contribution in [0.15, 0.2) is 133 Å². The lowest BCUT2D eigenvalue weighted by atomic mass is 9.76. The van der Waals surface area contributed by atoms with E-state index < -0.39 is 0 Å². The van der Waals surface area contributed by atoms with Crippen molar-refractivity contribution in [3.8, 4) is 0 Å². The molecule has 0 heterocycles. The zero-order valence-corrected chi connectivity index (χ0v) is 34.8. The molecular weight excluding hydrogens is 699 g/mol. The Hall–Kier alpha value is -5.14. The van der Waals surface area contributed by atoms with Gasteiger partial charge < -0.3 is 4.90 Å². The van der Waals surface area contributed by atoms with Crippen LogP contribution in [-0.2, 0) is 0 Å². The molecule has 11 rings (SSSR count). The van der Waals surface area contributed by atoms with E-state index in [1.807, 2.05) is 0 Å². The topological polar surface area (TPSA) is 3.24 Å². The molecule has 6 atom stereocenters. The number of benzene rings is 7. The minimum absolute atomic E-state index is 0.0776. The summed E-state index contributed by atoms with van der Waals surface area (Å²) in [6.45, 7) is 8.99. The molecule has 4 aliphatic rings. The third kappa shape index (κ3) is 6.20. The summed E-state index contributed by atoms with van der Waals surface area (Å²) in [5, 5.41) is 5.53. The normalized spacial score (nSPS) is 23.5. The highest BCUT2D eigenvalue weighted by Crippen LogP contribution is 2.57. The second kappa shape index (κ2) is 14.3. The van der Waals surface area contributed by atoms with Crippen LogP contribution in [0.5, 0.6) is 0 Å². The highest BCUT2D eigenvalue weighted by atomic mass is 15.1. The van der Waals surface area contributed by atoms with Crippen LogP contribution in [0.1, 0.15) is 119 Å². The van der Waals surface area contributed by atoms with E-state index >= 15 is 0 Å². The highest BCUT2D eigenvalue weighted by Gasteiger charge is 2.42. The first-order chi connectivity index (χ1) is 28.3. The summed E-state index contributed by atoms with van der Waals surface area (Å²) in [5.74, 6) is 4.79. The van der Waals surface area contributed by atoms with Gasteiger partial charge in [-0.05, 0) is 182 Å². The predicted octanol–water partition coefficient (Wildman–Crippen LogP) is 15.7. The number of hydrogen-bond acceptors (Lipinski definition) is 1. The van der Waals surface area contributed by atoms with Gasteiger partial charge in [-0.2, -0.15) is 0 Å². The molecule has 6 unspecified atom stereocenters. The van der Waals surface area contributed by atoms with Crippen molar-refractivity contribution < 1.29 is 0 Å². The number of anilines is 3. The predicted molar refractivity (Wildman–Crippen MR) is 245 cm³/mol. The standard InChI is InChI=1S/C57H57N/c1-35-9-5-13-45(25-35)55(46-14-6-10-36(2)26-46)56-49-23-21-44(52-32-40-18-20-42(52)30-40)34-54(49)57(50-24-22-43(33-53(50)56)51-31-39-17-19-41(51)29-39)58(47-15-7-11-37(3)27-47)48-16-8-12-38(4)28-48/h5-16,21-28,33-34,39-42,51-52,55H,17-20,29-32H2,1-4H3. The van der Waals surface area contributed by atoms with E-state index in [2.05, 4.69) is 166 Å². The van der Waals surface area contributed by atoms with Crippen LogP contribution < -0.4 is 4.90 Å². The summed E-state index contributed by atoms with van der Waals surface area (Å²) in [7, 11) is 0. The molecule has 7 aromatic rings. The van der Waals surface area contributed by atoms with Crippen LogP contribution in [0, 0.1) is 51.4 Å². The van der Waals surface area contributed by atoms with Crippen molar-refractivity contribution >= 4 is 38.6 Å². The largest absolute Gasteiger partial charge is 0.309 e. The van der Waals surface area contributed by atoms with Crippen LogP contribution in [0.2, 0.25) is 0 Å². The van der Waals surface area contributed by atoms with Crippen molar-refractivity contribution in [2.75, 3.05) is 4.90 Å². The number of hydrogen-bond donors (Lipinski definition) is 0. The number of rotatable bonds is 8. The van der Waals surface area contributed by atoms with Gasteiger partial charge in [-0.15, -0.1) is 0 Å². The van der Waals surface area contributed by atoms with Gasteiger partial charge >= 0.3 is 0 Å². The van der Waals surface area contributed by atoms with Crippen molar-refractivity contribution in [1.82, 2.24) is 0 Å². The zero-order valence-electron chi connectivity index (χ0n) is 34.8. The zero-order chi connectivity index (χ0) is 39.1. The molecule has 0 aromatic heterocycles. The molecule has 0 aliphatic heterocycles. The average Bonchev–Trinajstić information content (AvgIpc) is 4.06. The molecule has 4 saturated carbocycles. The Labute approximate surface area is 346 Å². The van der Waals surface area contributed by atoms with E-state index in [1.54, 1.807) is 11.1 Å². The van der Waals surface area contributed by atoms with Crippen LogP contribution in [0.4, 0.5) is 17.1 Å². The lowest BCUT2D eigenvalue weighted by Crippen LogP contribution is -2.15. The van der Waals surface area contributed by atoms with Crippen molar-refractivity contribution in [2.45, 2.75) is 96.8 Å². The number of nitrogens with zero attached hydrogens (tertiary/aromatic N) is 1. The number of aryl methyl sites for hydroxylation is 4. The summed E-state index contributed by atoms with van der Waals surface area (Å²) in [5.41, 5.74) is 16.2. The fourth-order valence-corrected chi connectivity index (χ4v) is 12.8. The van der Waals surface area contributed by atoms with E-state index in [0.717, 1.165) is 23.7 Å². The van der Waals surface area contributed by atoms with Gasteiger partial charge in [0.25, 0.3) is 0 Å². The van der Waals surface area contributed by atoms with E-state index in [9.17, 15) is 0 Å². The van der Waals surface area contributed by atoms with Crippen LogP contribution in [0.3, 0.4) is 0 Å². The summed E-state index contributed by atoms with van der Waals surface area (Å²) in [4.78, 5) is 2.62. The lowest BCUT2D eigenvalue weighted by molar-refractivity contribution is 0.420. The molecule has 0 saturated heterocycles. The molecule has 7 aromatic carbocycles. The van der Waals surface area contributed by atoms with E-state index in [0.29, 0.717) is 11.8 Å². The molecule has 0 radical (unpaired) electrons. The molecule has 0 spiro atoms. The van der Waals surface area contributed by atoms with Gasteiger partial charge in [0.2, 0.25) is 0 Å². The van der Waals surface area contributed by atoms with Crippen molar-refractivity contribution in [1.29, 1.82) is 0 Å². The third-order valence-electron chi connectivity index (χ3n) is 15.3. The van der Waals surface area contributed by atoms with Crippen LogP contribution >= 0.6 is 0 Å². The molecule has 0 N–H and O–H groups in total. The molecule has 0 amide bonds. The van der Waals surface area contributed by atoms with Crippen molar-refractivity contribution in [3.05, 3.63) is 184 Å². The molecule has 1 nitrogen and oxygen atoms in total. The maximum Gasteiger partial charge on any atom is 0.0618 e. The van der Waals surface area contributed by atoms with Crippen molar-refractivity contribution in [3.63, 3.8) is 0 Å². The molecule has 1 heteroatoms. The van der Waals surface area contributed by atoms with E-state index in [1.165, 1.54) is 129 Å². The first kappa shape index (κ1) is 36.0. The van der Waals surface area contributed by atoms with Gasteiger partial charge in [-0.25, -0.2) is 0 Å². The lowest BCUT2D eigenvalue weighted by Gasteiger charge is -2.33. The smallest absolute Gasteiger partial charge is 0.0618 e. The minimum atomic E-state index is 0.0776. The molecule has 58 heavy (non-hydrogen) atoms. The summed E-state index contributed by atoms with van der Waals surface area (Å²) < 4.78 is 0. The summed E-state index contributed by atoms with van der Waals surface area (Å²) >= 11 is 0. The molecule has 4 aliphatic carbocycles. The van der Waals surface area contributed by atoms with Gasteiger partial charge in [-0.1, -0.05) is 127 Å². The van der Waals surface area contributed by atoms with Gasteiger partial charge in [0.1, 0.15) is 0 Å². The molecule has 4 fully saturated rings. The number of fused-ring (bicyclic) bond motifs is 6. The Morgan fingerprint density at radius 2 is 0.914 bits per heavy atom. The monoisotopic (exact) mass is 755 g/mol. The van der Waals surface area contributed by atoms with Gasteiger partial charge in [0, 0.05) is 28.1 Å². The SMILES string of the molecule is Cc1cccc(C(c2cccc(C)c2)c2c3cc(C4CC5CCC4C5)ccc3c(N(c3cccc(C)c3)c3cccc(C)c3)c3cc(C4CC5CCC4C5)ccc23)c1. The Bertz CT molecular complexity index is 2420. The highest BCUT2D eigenvalue weighted by molar-refractivity contribution is 6.17. The van der Waals surface area contributed by atoms with Gasteiger partial charge in [-0.3, -0.25) is 0 Å². The first-order valence-corrected chi connectivity index (χ1v) is 22.4. The Balaban J connectivity index is 1.28. The minimum Gasteiger partial charge on any atom is -0.309 e. The van der Waals surface area contributed by atoms with Crippen LogP contribution in [0.25, 0.3) is 21.5 Å². The fraction of sp³-hybridized carbons (Fsp3) is 0.333. The second-order valence-corrected chi connectivity index (χ2v) is 19.2. The first-order valence-electron chi connectivity index (χ1n) is 22.4. The van der Waals surface area contributed by atoms with E-state index in [4.69, 9.17) is 0 Å². The summed E-state index contributed by atoms with van der Waals surface area (Å²) in [6, 6.07) is 52.7. The van der Waals surface area contributed by atoms with Crippen molar-refractivity contribution in [2.24, 2.45) is 23.7 Å². The summed E-state index contributed by atoms with van der Waals surface area (Å²) in [6.07, 6.45) is 11.1. The molecular formula is C57H57N. The molecule has 290 valence electrons. The quantitative estimate of drug-likeness (QED) is 0.110. The maximum absolute atomic E-state index is 2.69. The average molecular weight is 756 g/mol. The van der Waals surface area contributed by atoms with Gasteiger partial charge in [0.15, 0.2) is 0 Å². The Kier molecular flexibility index (Phi) is 8.87. The Morgan fingerprint density at radius 1 is 0.431 bits per heavy atom. The second-order valence-electron chi connectivity index (χ2n) is 19.2. The van der Waals surface area contributed by atoms with E-state index in [-0.39, 0.29) is 5.92 Å². The third-order valence-corrected chi connectivity index (χ3v) is 15.3. The Morgan fingerprint density at radius 3 is 1.38 bits per heavy atom. The molecule has 4 bridgehead atoms. The van der Waals surface area contributed by atoms with Gasteiger partial charge in [0.05, 0.1) is 5.69 Å².